The van der Waals surface area contributed by atoms with Gasteiger partial charge in [-0.25, -0.2) is 0 Å². The number of nitrogens with zero attached hydrogens (tertiary/aromatic N) is 1. The first kappa shape index (κ1) is 21.6. The van der Waals surface area contributed by atoms with Crippen LogP contribution in [0.2, 0.25) is 0 Å². The molecule has 0 unspecified atom stereocenters. The predicted octanol–water partition coefficient (Wildman–Crippen LogP) is 5.74. The minimum Gasteiger partial charge on any atom is -0.323 e. The molecule has 22 heavy (non-hydrogen) atoms. The molecule has 0 saturated carbocycles. The van der Waals surface area contributed by atoms with Gasteiger partial charge in [0.15, 0.2) is 6.29 Å². The van der Waals surface area contributed by atoms with E-state index in [1.165, 1.54) is 89.9 Å². The summed E-state index contributed by atoms with van der Waals surface area (Å²) in [7, 11) is 4.30. The Morgan fingerprint density at radius 3 is 1.36 bits per heavy atom. The van der Waals surface area contributed by atoms with Crippen LogP contribution in [0.3, 0.4) is 0 Å². The van der Waals surface area contributed by atoms with Crippen molar-refractivity contribution < 1.29 is 9.28 Å². The van der Waals surface area contributed by atoms with Crippen molar-refractivity contribution in [2.75, 3.05) is 27.2 Å². The number of aldehydes is 1. The van der Waals surface area contributed by atoms with Crippen molar-refractivity contribution in [3.05, 3.63) is 0 Å². The maximum Gasteiger partial charge on any atom is 0.174 e. The van der Waals surface area contributed by atoms with Crippen molar-refractivity contribution in [1.82, 2.24) is 0 Å². The summed E-state index contributed by atoms with van der Waals surface area (Å²) < 4.78 is 0.849. The Kier molecular flexibility index (Phi) is 15.3. The van der Waals surface area contributed by atoms with E-state index in [2.05, 4.69) is 21.0 Å². The number of unbranched alkanes of at least 4 members (excludes halogenated alkanes) is 13. The fraction of sp³-hybridized carbons (Fsp3) is 0.950. The van der Waals surface area contributed by atoms with Gasteiger partial charge in [-0.05, 0) is 12.8 Å². The van der Waals surface area contributed by atoms with E-state index in [1.807, 2.05) is 0 Å². The van der Waals surface area contributed by atoms with Gasteiger partial charge < -0.3 is 4.48 Å². The van der Waals surface area contributed by atoms with Gasteiger partial charge in [-0.15, -0.1) is 0 Å². The van der Waals surface area contributed by atoms with Crippen molar-refractivity contribution in [3.63, 3.8) is 0 Å². The third kappa shape index (κ3) is 16.0. The summed E-state index contributed by atoms with van der Waals surface area (Å²) in [6.07, 6.45) is 20.7. The molecule has 132 valence electrons. The van der Waals surface area contributed by atoms with Gasteiger partial charge in [-0.3, -0.25) is 4.79 Å². The third-order valence-corrected chi connectivity index (χ3v) is 4.69. The average molecular weight is 313 g/mol. The van der Waals surface area contributed by atoms with E-state index in [9.17, 15) is 4.79 Å². The van der Waals surface area contributed by atoms with Gasteiger partial charge in [0.2, 0.25) is 0 Å². The molecule has 0 atom stereocenters. The normalized spacial score (nSPS) is 11.8. The number of carbonyl (C=O) groups excluding carboxylic acids is 1. The molecule has 0 aromatic carbocycles. The lowest BCUT2D eigenvalue weighted by atomic mass is 10.0. The van der Waals surface area contributed by atoms with Crippen LogP contribution in [0.15, 0.2) is 0 Å². The first-order chi connectivity index (χ1) is 10.6. The number of likely N-dealkylation sites (N-methyl/N-ethyl adjacent to an activating group) is 1. The second kappa shape index (κ2) is 15.5. The molecule has 0 aromatic heterocycles. The fourth-order valence-corrected chi connectivity index (χ4v) is 3.03. The summed E-state index contributed by atoms with van der Waals surface area (Å²) in [6, 6.07) is 0. The molecule has 0 fully saturated rings. The van der Waals surface area contributed by atoms with E-state index in [1.54, 1.807) is 0 Å². The van der Waals surface area contributed by atoms with Crippen LogP contribution in [0.1, 0.15) is 96.8 Å². The molecule has 0 amide bonds. The minimum atomic E-state index is 0.651. The van der Waals surface area contributed by atoms with Crippen LogP contribution < -0.4 is 0 Å². The maximum absolute atomic E-state index is 10.6. The highest BCUT2D eigenvalue weighted by atomic mass is 16.1. The zero-order valence-corrected chi connectivity index (χ0v) is 15.7. The van der Waals surface area contributed by atoms with Crippen LogP contribution in [0.25, 0.3) is 0 Å². The van der Waals surface area contributed by atoms with Gasteiger partial charge in [0, 0.05) is 0 Å². The molecule has 0 spiro atoms. The first-order valence-electron chi connectivity index (χ1n) is 9.88. The van der Waals surface area contributed by atoms with Gasteiger partial charge in [0.05, 0.1) is 20.6 Å². The largest absolute Gasteiger partial charge is 0.323 e. The SMILES string of the molecule is CCCCCCCCCCCCCCCC[N+](C)(C)CC=O. The van der Waals surface area contributed by atoms with Gasteiger partial charge >= 0.3 is 0 Å². The topological polar surface area (TPSA) is 17.1 Å². The maximum atomic E-state index is 10.6. The third-order valence-electron chi connectivity index (χ3n) is 4.69. The number of hydrogen-bond acceptors (Lipinski definition) is 1. The molecule has 0 aromatic rings. The van der Waals surface area contributed by atoms with Gasteiger partial charge in [0.25, 0.3) is 0 Å². The molecule has 0 aliphatic carbocycles. The Morgan fingerprint density at radius 2 is 1.00 bits per heavy atom. The molecule has 0 radical (unpaired) electrons. The average Bonchev–Trinajstić information content (AvgIpc) is 2.47. The van der Waals surface area contributed by atoms with Crippen molar-refractivity contribution in [3.8, 4) is 0 Å². The Morgan fingerprint density at radius 1 is 0.636 bits per heavy atom. The molecular weight excluding hydrogens is 270 g/mol. The second-order valence-corrected chi connectivity index (χ2v) is 7.60. The summed E-state index contributed by atoms with van der Waals surface area (Å²) in [4.78, 5) is 10.6. The van der Waals surface area contributed by atoms with Crippen LogP contribution in [-0.4, -0.2) is 38.0 Å². The van der Waals surface area contributed by atoms with E-state index in [4.69, 9.17) is 0 Å². The zero-order chi connectivity index (χ0) is 16.5. The van der Waals surface area contributed by atoms with Gasteiger partial charge in [-0.1, -0.05) is 84.0 Å². The monoisotopic (exact) mass is 312 g/mol. The minimum absolute atomic E-state index is 0.651. The van der Waals surface area contributed by atoms with E-state index in [0.717, 1.165) is 17.3 Å². The molecule has 2 nitrogen and oxygen atoms in total. The molecule has 0 bridgehead atoms. The Labute approximate surface area is 140 Å². The number of carbonyl (C=O) groups is 1. The van der Waals surface area contributed by atoms with Crippen LogP contribution in [0.5, 0.6) is 0 Å². The quantitative estimate of drug-likeness (QED) is 0.190. The Hall–Kier alpha value is -0.370. The predicted molar refractivity (Wildman–Crippen MR) is 98.2 cm³/mol. The number of hydrogen-bond donors (Lipinski definition) is 0. The van der Waals surface area contributed by atoms with Crippen molar-refractivity contribution in [2.45, 2.75) is 96.8 Å². The first-order valence-corrected chi connectivity index (χ1v) is 9.88. The van der Waals surface area contributed by atoms with Crippen LogP contribution in [0, 0.1) is 0 Å². The van der Waals surface area contributed by atoms with E-state index < -0.39 is 0 Å². The van der Waals surface area contributed by atoms with Gasteiger partial charge in [0.1, 0.15) is 6.54 Å². The Balaban J connectivity index is 3.13. The summed E-state index contributed by atoms with van der Waals surface area (Å²) in [5.41, 5.74) is 0. The lowest BCUT2D eigenvalue weighted by Gasteiger charge is -2.27. The lowest BCUT2D eigenvalue weighted by molar-refractivity contribution is -0.881. The molecule has 0 aliphatic rings. The van der Waals surface area contributed by atoms with Gasteiger partial charge in [-0.2, -0.15) is 0 Å². The van der Waals surface area contributed by atoms with Crippen molar-refractivity contribution in [1.29, 1.82) is 0 Å². The fourth-order valence-electron chi connectivity index (χ4n) is 3.03. The summed E-state index contributed by atoms with van der Waals surface area (Å²) in [5, 5.41) is 0. The smallest absolute Gasteiger partial charge is 0.174 e. The molecule has 0 heterocycles. The Bertz CT molecular complexity index is 238. The number of quaternary nitrogens is 1. The van der Waals surface area contributed by atoms with E-state index in [0.29, 0.717) is 6.54 Å². The molecule has 0 N–H and O–H groups in total. The van der Waals surface area contributed by atoms with E-state index >= 15 is 0 Å². The summed E-state index contributed by atoms with van der Waals surface area (Å²) in [5.74, 6) is 0. The highest BCUT2D eigenvalue weighted by Gasteiger charge is 2.12. The highest BCUT2D eigenvalue weighted by molar-refractivity contribution is 5.50. The van der Waals surface area contributed by atoms with Crippen LogP contribution in [0.4, 0.5) is 0 Å². The summed E-state index contributed by atoms with van der Waals surface area (Å²) >= 11 is 0. The standard InChI is InChI=1S/C20H42NO/c1-4-5-6-7-8-9-10-11-12-13-14-15-16-17-18-21(2,3)19-20-22/h20H,4-19H2,1-3H3/q+1. The highest BCUT2D eigenvalue weighted by Crippen LogP contribution is 2.13. The zero-order valence-electron chi connectivity index (χ0n) is 15.7. The molecule has 0 saturated heterocycles. The lowest BCUT2D eigenvalue weighted by Crippen LogP contribution is -2.41. The molecule has 0 aliphatic heterocycles. The van der Waals surface area contributed by atoms with Crippen molar-refractivity contribution >= 4 is 6.29 Å². The van der Waals surface area contributed by atoms with E-state index in [-0.39, 0.29) is 0 Å². The second-order valence-electron chi connectivity index (χ2n) is 7.60. The molecular formula is C20H42NO+. The molecule has 0 rings (SSSR count). The van der Waals surface area contributed by atoms with Crippen LogP contribution in [-0.2, 0) is 4.79 Å². The summed E-state index contributed by atoms with van der Waals surface area (Å²) in [6.45, 7) is 4.07. The van der Waals surface area contributed by atoms with Crippen molar-refractivity contribution in [2.24, 2.45) is 0 Å². The van der Waals surface area contributed by atoms with Crippen LogP contribution >= 0.6 is 0 Å². The molecule has 2 heteroatoms. The number of rotatable bonds is 17.